The summed E-state index contributed by atoms with van der Waals surface area (Å²) in [6.45, 7) is 5.66. The number of benzene rings is 1. The van der Waals surface area contributed by atoms with Gasteiger partial charge in [-0.1, -0.05) is 0 Å². The quantitative estimate of drug-likeness (QED) is 0.431. The number of oxazole rings is 2. The number of rotatable bonds is 5. The standard InChI is InChI=1S/C25H26N6O5/c1-15-10-16(2-4-26-15)24-28-20(14-35-24)23(33)27-18-12-22-19(11-21(18)31-5-3-17(32)13-31)29-25(36-22)30-6-8-34-9-7-30/h2,4,10-12,14,17,32H,3,5-9,13H2,1H3,(H,27,33). The predicted octanol–water partition coefficient (Wildman–Crippen LogP) is 2.85. The highest BCUT2D eigenvalue weighted by Crippen LogP contribution is 2.35. The molecule has 5 heterocycles. The van der Waals surface area contributed by atoms with Gasteiger partial charge in [0.1, 0.15) is 11.8 Å². The largest absolute Gasteiger partial charge is 0.444 e. The van der Waals surface area contributed by atoms with Crippen molar-refractivity contribution in [2.45, 2.75) is 19.4 Å². The molecule has 2 N–H and O–H groups in total. The van der Waals surface area contributed by atoms with Gasteiger partial charge in [-0.2, -0.15) is 4.98 Å². The number of aliphatic hydroxyl groups is 1. The van der Waals surface area contributed by atoms with Crippen LogP contribution < -0.4 is 15.1 Å². The van der Waals surface area contributed by atoms with Crippen molar-refractivity contribution < 1.29 is 23.5 Å². The maximum atomic E-state index is 13.2. The van der Waals surface area contributed by atoms with E-state index in [1.807, 2.05) is 28.9 Å². The van der Waals surface area contributed by atoms with Crippen LogP contribution in [0, 0.1) is 6.92 Å². The number of β-amino-alcohol motifs (C(OH)–C–C–N with tert-alkyl or cyclic N) is 1. The Balaban J connectivity index is 1.31. The van der Waals surface area contributed by atoms with Crippen molar-refractivity contribution in [1.82, 2.24) is 15.0 Å². The van der Waals surface area contributed by atoms with Gasteiger partial charge in [0.25, 0.3) is 11.9 Å². The van der Waals surface area contributed by atoms with Crippen molar-refractivity contribution in [3.05, 3.63) is 48.1 Å². The third-order valence-electron chi connectivity index (χ3n) is 6.41. The molecule has 4 aromatic rings. The predicted molar refractivity (Wildman–Crippen MR) is 132 cm³/mol. The monoisotopic (exact) mass is 490 g/mol. The number of hydrogen-bond acceptors (Lipinski definition) is 10. The summed E-state index contributed by atoms with van der Waals surface area (Å²) in [4.78, 5) is 30.5. The van der Waals surface area contributed by atoms with Crippen LogP contribution in [-0.4, -0.2) is 71.5 Å². The topological polar surface area (TPSA) is 130 Å². The Bertz CT molecular complexity index is 1410. The second kappa shape index (κ2) is 9.25. The lowest BCUT2D eigenvalue weighted by Crippen LogP contribution is -2.36. The summed E-state index contributed by atoms with van der Waals surface area (Å²) in [5, 5.41) is 13.1. The molecule has 186 valence electrons. The molecule has 0 aliphatic carbocycles. The number of morpholine rings is 1. The number of hydrogen-bond donors (Lipinski definition) is 2. The van der Waals surface area contributed by atoms with E-state index in [4.69, 9.17) is 13.6 Å². The van der Waals surface area contributed by atoms with Crippen LogP contribution in [0.3, 0.4) is 0 Å². The van der Waals surface area contributed by atoms with Gasteiger partial charge in [-0.3, -0.25) is 9.78 Å². The smallest absolute Gasteiger partial charge is 0.298 e. The number of amides is 1. The van der Waals surface area contributed by atoms with Crippen LogP contribution >= 0.6 is 0 Å². The van der Waals surface area contributed by atoms with Gasteiger partial charge in [0.15, 0.2) is 11.3 Å². The minimum absolute atomic E-state index is 0.151. The van der Waals surface area contributed by atoms with Crippen molar-refractivity contribution in [2.24, 2.45) is 0 Å². The highest BCUT2D eigenvalue weighted by molar-refractivity contribution is 6.06. The number of carbonyl (C=O) groups excluding carboxylic acids is 1. The van der Waals surface area contributed by atoms with Crippen LogP contribution in [0.2, 0.25) is 0 Å². The third-order valence-corrected chi connectivity index (χ3v) is 6.41. The van der Waals surface area contributed by atoms with Crippen molar-refractivity contribution in [1.29, 1.82) is 0 Å². The second-order valence-corrected chi connectivity index (χ2v) is 9.00. The first-order chi connectivity index (χ1) is 17.5. The molecule has 6 rings (SSSR count). The number of aliphatic hydroxyl groups excluding tert-OH is 1. The van der Waals surface area contributed by atoms with E-state index in [0.717, 1.165) is 16.9 Å². The highest BCUT2D eigenvalue weighted by Gasteiger charge is 2.26. The molecular weight excluding hydrogens is 464 g/mol. The lowest BCUT2D eigenvalue weighted by molar-refractivity contribution is 0.102. The van der Waals surface area contributed by atoms with Gasteiger partial charge >= 0.3 is 0 Å². The molecule has 2 aliphatic heterocycles. The van der Waals surface area contributed by atoms with Crippen molar-refractivity contribution in [2.75, 3.05) is 54.5 Å². The lowest BCUT2D eigenvalue weighted by atomic mass is 10.2. The zero-order valence-electron chi connectivity index (χ0n) is 19.8. The van der Waals surface area contributed by atoms with E-state index in [1.165, 1.54) is 6.26 Å². The molecule has 2 aliphatic rings. The molecule has 36 heavy (non-hydrogen) atoms. The first-order valence-corrected chi connectivity index (χ1v) is 11.9. The van der Waals surface area contributed by atoms with Crippen LogP contribution in [-0.2, 0) is 4.74 Å². The first kappa shape index (κ1) is 22.5. The molecule has 0 bridgehead atoms. The minimum Gasteiger partial charge on any atom is -0.444 e. The molecule has 1 aromatic carbocycles. The molecule has 0 saturated carbocycles. The SMILES string of the molecule is Cc1cc(-c2nc(C(=O)Nc3cc4oc(N5CCOCC5)nc4cc3N3CCC(O)C3)co2)ccn1. The zero-order valence-corrected chi connectivity index (χ0v) is 19.8. The minimum atomic E-state index is -0.424. The summed E-state index contributed by atoms with van der Waals surface area (Å²) in [5.41, 5.74) is 4.28. The Morgan fingerprint density at radius 2 is 2.00 bits per heavy atom. The number of nitrogens with one attached hydrogen (secondary N) is 1. The molecule has 0 spiro atoms. The molecule has 1 amide bonds. The van der Waals surface area contributed by atoms with Crippen molar-refractivity contribution in [3.63, 3.8) is 0 Å². The van der Waals surface area contributed by atoms with Crippen molar-refractivity contribution in [3.8, 4) is 11.5 Å². The summed E-state index contributed by atoms with van der Waals surface area (Å²) in [6, 6.07) is 7.81. The number of ether oxygens (including phenoxy) is 1. The molecule has 11 nitrogen and oxygen atoms in total. The van der Waals surface area contributed by atoms with Gasteiger partial charge in [0.05, 0.1) is 30.7 Å². The number of anilines is 3. The third kappa shape index (κ3) is 4.38. The van der Waals surface area contributed by atoms with E-state index in [2.05, 4.69) is 20.3 Å². The van der Waals surface area contributed by atoms with Gasteiger partial charge in [-0.25, -0.2) is 4.98 Å². The number of aromatic nitrogens is 3. The Morgan fingerprint density at radius 3 is 2.78 bits per heavy atom. The van der Waals surface area contributed by atoms with E-state index in [9.17, 15) is 9.90 Å². The zero-order chi connectivity index (χ0) is 24.6. The number of fused-ring (bicyclic) bond motifs is 1. The van der Waals surface area contributed by atoms with E-state index in [0.29, 0.717) is 74.5 Å². The van der Waals surface area contributed by atoms with Crippen LogP contribution in [0.5, 0.6) is 0 Å². The van der Waals surface area contributed by atoms with Crippen LogP contribution in [0.1, 0.15) is 22.6 Å². The second-order valence-electron chi connectivity index (χ2n) is 9.00. The van der Waals surface area contributed by atoms with Crippen LogP contribution in [0.25, 0.3) is 22.6 Å². The van der Waals surface area contributed by atoms with Gasteiger partial charge in [-0.05, 0) is 31.5 Å². The number of aryl methyl sites for hydroxylation is 1. The summed E-state index contributed by atoms with van der Waals surface area (Å²) < 4.78 is 17.0. The maximum Gasteiger partial charge on any atom is 0.298 e. The summed E-state index contributed by atoms with van der Waals surface area (Å²) >= 11 is 0. The van der Waals surface area contributed by atoms with Gasteiger partial charge in [0, 0.05) is 49.7 Å². The molecule has 0 radical (unpaired) electrons. The van der Waals surface area contributed by atoms with E-state index in [1.54, 1.807) is 18.3 Å². The summed E-state index contributed by atoms with van der Waals surface area (Å²) in [5.74, 6) is -0.0709. The number of nitrogens with zero attached hydrogens (tertiary/aromatic N) is 5. The summed E-state index contributed by atoms with van der Waals surface area (Å²) in [6.07, 6.45) is 3.24. The molecule has 1 atom stereocenters. The molecule has 11 heteroatoms. The van der Waals surface area contributed by atoms with Gasteiger partial charge < -0.3 is 33.8 Å². The highest BCUT2D eigenvalue weighted by atomic mass is 16.5. The Morgan fingerprint density at radius 1 is 1.14 bits per heavy atom. The summed E-state index contributed by atoms with van der Waals surface area (Å²) in [7, 11) is 0. The Kier molecular flexibility index (Phi) is 5.78. The molecular formula is C25H26N6O5. The number of pyridine rings is 1. The van der Waals surface area contributed by atoms with E-state index in [-0.39, 0.29) is 5.69 Å². The lowest BCUT2D eigenvalue weighted by Gasteiger charge is -2.24. The molecule has 2 saturated heterocycles. The fourth-order valence-electron chi connectivity index (χ4n) is 4.54. The number of carbonyl (C=O) groups is 1. The average molecular weight is 491 g/mol. The normalized spacial score (nSPS) is 18.2. The van der Waals surface area contributed by atoms with Gasteiger partial charge in [0.2, 0.25) is 5.89 Å². The Labute approximate surface area is 206 Å². The Hall–Kier alpha value is -3.96. The van der Waals surface area contributed by atoms with Gasteiger partial charge in [-0.15, -0.1) is 0 Å². The molecule has 2 fully saturated rings. The maximum absolute atomic E-state index is 13.2. The van der Waals surface area contributed by atoms with Crippen LogP contribution in [0.15, 0.2) is 45.6 Å². The van der Waals surface area contributed by atoms with E-state index >= 15 is 0 Å². The van der Waals surface area contributed by atoms with Crippen molar-refractivity contribution >= 4 is 34.4 Å². The van der Waals surface area contributed by atoms with E-state index < -0.39 is 12.0 Å². The average Bonchev–Trinajstić information content (AvgIpc) is 3.63. The molecule has 1 unspecified atom stereocenters. The fourth-order valence-corrected chi connectivity index (χ4v) is 4.54. The fraction of sp³-hybridized carbons (Fsp3) is 0.360. The first-order valence-electron chi connectivity index (χ1n) is 11.9. The molecule has 3 aromatic heterocycles. The van der Waals surface area contributed by atoms with Crippen LogP contribution in [0.4, 0.5) is 17.4 Å².